The molecule has 1 atom stereocenters. The van der Waals surface area contributed by atoms with Gasteiger partial charge in [-0.2, -0.15) is 0 Å². The Labute approximate surface area is 112 Å². The summed E-state index contributed by atoms with van der Waals surface area (Å²) in [5.41, 5.74) is 2.77. The van der Waals surface area contributed by atoms with Crippen molar-refractivity contribution in [2.75, 3.05) is 6.54 Å². The van der Waals surface area contributed by atoms with E-state index < -0.39 is 0 Å². The van der Waals surface area contributed by atoms with Gasteiger partial charge in [0, 0.05) is 12.1 Å². The van der Waals surface area contributed by atoms with Crippen molar-refractivity contribution in [3.63, 3.8) is 0 Å². The average molecular weight is 257 g/mol. The van der Waals surface area contributed by atoms with Crippen LogP contribution in [0.1, 0.15) is 36.5 Å². The molecule has 100 valence electrons. The molecular formula is C15H19N3O. The van der Waals surface area contributed by atoms with E-state index in [1.807, 2.05) is 24.5 Å². The topological polar surface area (TPSA) is 46.9 Å². The monoisotopic (exact) mass is 257 g/mol. The van der Waals surface area contributed by atoms with E-state index in [0.29, 0.717) is 0 Å². The molecule has 1 aromatic heterocycles. The highest BCUT2D eigenvalue weighted by Gasteiger charge is 2.22. The van der Waals surface area contributed by atoms with Gasteiger partial charge in [0.1, 0.15) is 0 Å². The number of hydrogen-bond acceptors (Lipinski definition) is 3. The van der Waals surface area contributed by atoms with E-state index >= 15 is 0 Å². The molecule has 1 aliphatic heterocycles. The van der Waals surface area contributed by atoms with Crippen LogP contribution < -0.4 is 5.32 Å². The molecule has 1 fully saturated rings. The number of aromatic nitrogens is 2. The molecule has 1 aliphatic rings. The lowest BCUT2D eigenvalue weighted by atomic mass is 9.96. The van der Waals surface area contributed by atoms with Crippen LogP contribution in [0.2, 0.25) is 0 Å². The van der Waals surface area contributed by atoms with Gasteiger partial charge in [0.2, 0.25) is 0 Å². The van der Waals surface area contributed by atoms with Crippen LogP contribution in [0.5, 0.6) is 0 Å². The summed E-state index contributed by atoms with van der Waals surface area (Å²) in [6.07, 6.45) is 5.08. The number of fused-ring (bicyclic) bond motifs is 1. The van der Waals surface area contributed by atoms with Gasteiger partial charge in [-0.05, 0) is 44.5 Å². The second kappa shape index (κ2) is 5.13. The third-order valence-corrected chi connectivity index (χ3v) is 3.87. The third kappa shape index (κ3) is 2.28. The number of hydrogen-bond donors (Lipinski definition) is 1. The maximum atomic E-state index is 12.4. The van der Waals surface area contributed by atoms with Crippen LogP contribution in [-0.2, 0) is 6.54 Å². The zero-order valence-electron chi connectivity index (χ0n) is 11.2. The van der Waals surface area contributed by atoms with Crippen molar-refractivity contribution in [3.05, 3.63) is 30.1 Å². The second-order valence-electron chi connectivity index (χ2n) is 5.10. The van der Waals surface area contributed by atoms with Crippen LogP contribution in [-0.4, -0.2) is 27.9 Å². The summed E-state index contributed by atoms with van der Waals surface area (Å²) >= 11 is 0. The molecule has 0 spiro atoms. The van der Waals surface area contributed by atoms with E-state index in [2.05, 4.69) is 21.8 Å². The molecule has 0 amide bonds. The molecule has 0 bridgehead atoms. The fourth-order valence-corrected chi connectivity index (χ4v) is 2.75. The first-order valence-corrected chi connectivity index (χ1v) is 7.02. The molecule has 2 heterocycles. The van der Waals surface area contributed by atoms with Crippen molar-refractivity contribution in [3.8, 4) is 0 Å². The van der Waals surface area contributed by atoms with Gasteiger partial charge >= 0.3 is 0 Å². The molecule has 1 unspecified atom stereocenters. The minimum atomic E-state index is -0.0144. The van der Waals surface area contributed by atoms with E-state index in [1.54, 1.807) is 0 Å². The van der Waals surface area contributed by atoms with Crippen molar-refractivity contribution in [1.29, 1.82) is 0 Å². The Hall–Kier alpha value is -1.68. The molecule has 19 heavy (non-hydrogen) atoms. The fraction of sp³-hybridized carbons (Fsp3) is 0.467. The largest absolute Gasteiger partial charge is 0.331 e. The SMILES string of the molecule is CCn1cnc2cc(C(=O)C3CCCCN3)ccc21. The lowest BCUT2D eigenvalue weighted by molar-refractivity contribution is 0.0927. The van der Waals surface area contributed by atoms with Crippen molar-refractivity contribution >= 4 is 16.8 Å². The number of imidazole rings is 1. The molecule has 1 N–H and O–H groups in total. The van der Waals surface area contributed by atoms with Crippen molar-refractivity contribution < 1.29 is 4.79 Å². The maximum absolute atomic E-state index is 12.4. The van der Waals surface area contributed by atoms with Gasteiger partial charge in [-0.3, -0.25) is 4.79 Å². The second-order valence-corrected chi connectivity index (χ2v) is 5.10. The average Bonchev–Trinajstić information content (AvgIpc) is 2.89. The normalized spacial score (nSPS) is 19.7. The minimum Gasteiger partial charge on any atom is -0.331 e. The maximum Gasteiger partial charge on any atom is 0.179 e. The Bertz CT molecular complexity index is 596. The quantitative estimate of drug-likeness (QED) is 0.859. The van der Waals surface area contributed by atoms with E-state index in [4.69, 9.17) is 0 Å². The first-order chi connectivity index (χ1) is 9.29. The van der Waals surface area contributed by atoms with Gasteiger partial charge in [-0.15, -0.1) is 0 Å². The molecule has 1 aromatic carbocycles. The molecular weight excluding hydrogens is 238 g/mol. The number of piperidine rings is 1. The number of ketones is 1. The van der Waals surface area contributed by atoms with E-state index in [-0.39, 0.29) is 11.8 Å². The Balaban J connectivity index is 1.90. The predicted molar refractivity (Wildman–Crippen MR) is 75.4 cm³/mol. The first kappa shape index (κ1) is 12.4. The van der Waals surface area contributed by atoms with Crippen LogP contribution in [0.3, 0.4) is 0 Å². The number of nitrogens with zero attached hydrogens (tertiary/aromatic N) is 2. The van der Waals surface area contributed by atoms with Gasteiger partial charge < -0.3 is 9.88 Å². The lowest BCUT2D eigenvalue weighted by Crippen LogP contribution is -2.40. The first-order valence-electron chi connectivity index (χ1n) is 7.02. The highest BCUT2D eigenvalue weighted by molar-refractivity contribution is 6.02. The molecule has 3 rings (SSSR count). The molecule has 2 aromatic rings. The summed E-state index contributed by atoms with van der Waals surface area (Å²) in [7, 11) is 0. The zero-order chi connectivity index (χ0) is 13.2. The van der Waals surface area contributed by atoms with Crippen molar-refractivity contribution in [2.45, 2.75) is 38.8 Å². The summed E-state index contributed by atoms with van der Waals surface area (Å²) < 4.78 is 2.09. The summed E-state index contributed by atoms with van der Waals surface area (Å²) in [5, 5.41) is 3.31. The van der Waals surface area contributed by atoms with Gasteiger partial charge in [-0.1, -0.05) is 6.42 Å². The number of rotatable bonds is 3. The smallest absolute Gasteiger partial charge is 0.179 e. The highest BCUT2D eigenvalue weighted by atomic mass is 16.1. The molecule has 0 radical (unpaired) electrons. The standard InChI is InChI=1S/C15H19N3O/c1-2-18-10-17-13-9-11(6-7-14(13)18)15(19)12-5-3-4-8-16-12/h6-7,9-10,12,16H,2-5,8H2,1H3. The van der Waals surface area contributed by atoms with Crippen LogP contribution in [0.25, 0.3) is 11.0 Å². The fourth-order valence-electron chi connectivity index (χ4n) is 2.75. The predicted octanol–water partition coefficient (Wildman–Crippen LogP) is 2.38. The molecule has 0 saturated carbocycles. The number of carbonyl (C=O) groups is 1. The van der Waals surface area contributed by atoms with Crippen molar-refractivity contribution in [1.82, 2.24) is 14.9 Å². The lowest BCUT2D eigenvalue weighted by Gasteiger charge is -2.22. The van der Waals surface area contributed by atoms with Crippen molar-refractivity contribution in [2.24, 2.45) is 0 Å². The molecule has 4 nitrogen and oxygen atoms in total. The van der Waals surface area contributed by atoms with Gasteiger partial charge in [0.05, 0.1) is 23.4 Å². The molecule has 4 heteroatoms. The van der Waals surface area contributed by atoms with E-state index in [1.165, 1.54) is 6.42 Å². The van der Waals surface area contributed by atoms with Gasteiger partial charge in [0.25, 0.3) is 0 Å². The zero-order valence-corrected chi connectivity index (χ0v) is 11.2. The Kier molecular flexibility index (Phi) is 3.34. The van der Waals surface area contributed by atoms with Crippen LogP contribution in [0, 0.1) is 0 Å². The Morgan fingerprint density at radius 1 is 1.47 bits per heavy atom. The summed E-state index contributed by atoms with van der Waals surface area (Å²) in [5.74, 6) is 0.202. The number of aryl methyl sites for hydroxylation is 1. The highest BCUT2D eigenvalue weighted by Crippen LogP contribution is 2.18. The number of nitrogens with one attached hydrogen (secondary N) is 1. The Morgan fingerprint density at radius 3 is 3.11 bits per heavy atom. The number of benzene rings is 1. The Morgan fingerprint density at radius 2 is 2.37 bits per heavy atom. The number of Topliss-reactive ketones (excluding diaryl/α,β-unsaturated/α-hetero) is 1. The molecule has 1 saturated heterocycles. The molecule has 0 aliphatic carbocycles. The number of carbonyl (C=O) groups excluding carboxylic acids is 1. The van der Waals surface area contributed by atoms with E-state index in [0.717, 1.165) is 42.5 Å². The van der Waals surface area contributed by atoms with Crippen LogP contribution >= 0.6 is 0 Å². The van der Waals surface area contributed by atoms with Gasteiger partial charge in [-0.25, -0.2) is 4.98 Å². The third-order valence-electron chi connectivity index (χ3n) is 3.87. The summed E-state index contributed by atoms with van der Waals surface area (Å²) in [6, 6.07) is 5.83. The van der Waals surface area contributed by atoms with Crippen LogP contribution in [0.15, 0.2) is 24.5 Å². The van der Waals surface area contributed by atoms with Crippen LogP contribution in [0.4, 0.5) is 0 Å². The van der Waals surface area contributed by atoms with Gasteiger partial charge in [0.15, 0.2) is 5.78 Å². The summed E-state index contributed by atoms with van der Waals surface area (Å²) in [4.78, 5) is 16.8. The minimum absolute atomic E-state index is 0.0144. The van der Waals surface area contributed by atoms with E-state index in [9.17, 15) is 4.79 Å². The summed E-state index contributed by atoms with van der Waals surface area (Å²) in [6.45, 7) is 3.93.